The molecule has 0 aliphatic carbocycles. The third-order valence-electron chi connectivity index (χ3n) is 3.20. The molecule has 3 N–H and O–H groups in total. The molecule has 1 aromatic carbocycles. The van der Waals surface area contributed by atoms with E-state index in [2.05, 4.69) is 15.9 Å². The number of rotatable bonds is 3. The van der Waals surface area contributed by atoms with Crippen LogP contribution in [0.5, 0.6) is 0 Å². The number of aliphatic carboxylic acids is 1. The molecule has 0 radical (unpaired) electrons. The van der Waals surface area contributed by atoms with Crippen LogP contribution in [0.15, 0.2) is 22.7 Å². The van der Waals surface area contributed by atoms with Gasteiger partial charge in [-0.15, -0.1) is 0 Å². The molecule has 18 heavy (non-hydrogen) atoms. The van der Waals surface area contributed by atoms with Gasteiger partial charge in [-0.25, -0.2) is 0 Å². The van der Waals surface area contributed by atoms with Crippen LogP contribution in [0.4, 0.5) is 0 Å². The van der Waals surface area contributed by atoms with Gasteiger partial charge < -0.3 is 10.8 Å². The zero-order valence-corrected chi connectivity index (χ0v) is 12.0. The number of likely N-dealkylation sites (tertiary alicyclic amines) is 1. The third kappa shape index (κ3) is 2.85. The number of carboxylic acids is 1. The van der Waals surface area contributed by atoms with Crippen molar-refractivity contribution >= 4 is 33.5 Å². The fourth-order valence-corrected chi connectivity index (χ4v) is 2.66. The Morgan fingerprint density at radius 2 is 2.33 bits per heavy atom. The minimum Gasteiger partial charge on any atom is -0.480 e. The van der Waals surface area contributed by atoms with E-state index in [0.717, 1.165) is 10.0 Å². The molecule has 1 aliphatic rings. The summed E-state index contributed by atoms with van der Waals surface area (Å²) in [7, 11) is 0. The van der Waals surface area contributed by atoms with Gasteiger partial charge in [0.1, 0.15) is 5.54 Å². The maximum Gasteiger partial charge on any atom is 0.325 e. The highest BCUT2D eigenvalue weighted by molar-refractivity contribution is 9.10. The number of nitrogens with two attached hydrogens (primary N) is 1. The Morgan fingerprint density at radius 3 is 2.89 bits per heavy atom. The summed E-state index contributed by atoms with van der Waals surface area (Å²) in [6, 6.07) is 5.70. The van der Waals surface area contributed by atoms with Crippen LogP contribution in [-0.4, -0.2) is 34.6 Å². The highest BCUT2D eigenvalue weighted by Crippen LogP contribution is 2.26. The van der Waals surface area contributed by atoms with Crippen LogP contribution in [0.2, 0.25) is 5.02 Å². The van der Waals surface area contributed by atoms with Crippen molar-refractivity contribution in [1.29, 1.82) is 0 Å². The van der Waals surface area contributed by atoms with Crippen molar-refractivity contribution in [1.82, 2.24) is 4.90 Å². The number of carbonyl (C=O) groups is 1. The zero-order valence-electron chi connectivity index (χ0n) is 9.70. The Morgan fingerprint density at radius 1 is 1.61 bits per heavy atom. The van der Waals surface area contributed by atoms with Gasteiger partial charge >= 0.3 is 5.97 Å². The molecule has 1 heterocycles. The molecule has 1 aliphatic heterocycles. The summed E-state index contributed by atoms with van der Waals surface area (Å²) in [5.74, 6) is -0.928. The van der Waals surface area contributed by atoms with Gasteiger partial charge in [-0.05, 0) is 40.0 Å². The van der Waals surface area contributed by atoms with E-state index < -0.39 is 11.5 Å². The van der Waals surface area contributed by atoms with Crippen molar-refractivity contribution in [3.05, 3.63) is 33.3 Å². The lowest BCUT2D eigenvalue weighted by Crippen LogP contribution is -2.50. The number of hydrogen-bond acceptors (Lipinski definition) is 3. The first kappa shape index (κ1) is 13.8. The summed E-state index contributed by atoms with van der Waals surface area (Å²) in [5.41, 5.74) is 5.81. The van der Waals surface area contributed by atoms with Gasteiger partial charge in [-0.3, -0.25) is 9.69 Å². The predicted octanol–water partition coefficient (Wildman–Crippen LogP) is 2.09. The zero-order chi connectivity index (χ0) is 13.3. The lowest BCUT2D eigenvalue weighted by Gasteiger charge is -2.20. The van der Waals surface area contributed by atoms with E-state index in [1.165, 1.54) is 0 Å². The fourth-order valence-electron chi connectivity index (χ4n) is 2.12. The molecule has 0 aromatic heterocycles. The lowest BCUT2D eigenvalue weighted by atomic mass is 10.0. The second kappa shape index (κ2) is 5.17. The molecule has 1 fully saturated rings. The molecule has 1 saturated heterocycles. The molecule has 98 valence electrons. The smallest absolute Gasteiger partial charge is 0.325 e. The van der Waals surface area contributed by atoms with Gasteiger partial charge in [-0.1, -0.05) is 17.7 Å². The van der Waals surface area contributed by atoms with E-state index in [1.54, 1.807) is 0 Å². The number of halogens is 2. The average molecular weight is 334 g/mol. The highest BCUT2D eigenvalue weighted by atomic mass is 79.9. The van der Waals surface area contributed by atoms with Crippen LogP contribution >= 0.6 is 27.5 Å². The van der Waals surface area contributed by atoms with Gasteiger partial charge in [0, 0.05) is 24.1 Å². The van der Waals surface area contributed by atoms with E-state index in [4.69, 9.17) is 22.4 Å². The van der Waals surface area contributed by atoms with Gasteiger partial charge in [0.25, 0.3) is 0 Å². The monoisotopic (exact) mass is 332 g/mol. The van der Waals surface area contributed by atoms with Crippen LogP contribution in [0.3, 0.4) is 0 Å². The first-order valence-corrected chi connectivity index (χ1v) is 6.76. The van der Waals surface area contributed by atoms with Crippen molar-refractivity contribution in [2.24, 2.45) is 5.73 Å². The minimum absolute atomic E-state index is 0.378. The molecule has 4 nitrogen and oxygen atoms in total. The van der Waals surface area contributed by atoms with Crippen LogP contribution in [0.25, 0.3) is 0 Å². The largest absolute Gasteiger partial charge is 0.480 e. The SMILES string of the molecule is NC1(C(=O)O)CCN(Cc2ccc(Cl)c(Br)c2)C1. The topological polar surface area (TPSA) is 66.6 Å². The quantitative estimate of drug-likeness (QED) is 0.889. The highest BCUT2D eigenvalue weighted by Gasteiger charge is 2.40. The Balaban J connectivity index is 2.03. The molecule has 2 rings (SSSR count). The summed E-state index contributed by atoms with van der Waals surface area (Å²) >= 11 is 9.30. The second-order valence-electron chi connectivity index (χ2n) is 4.67. The maximum absolute atomic E-state index is 11.0. The molecule has 1 atom stereocenters. The molecule has 0 bridgehead atoms. The Bertz CT molecular complexity index is 483. The van der Waals surface area contributed by atoms with Crippen molar-refractivity contribution in [2.45, 2.75) is 18.5 Å². The van der Waals surface area contributed by atoms with Crippen LogP contribution in [0.1, 0.15) is 12.0 Å². The van der Waals surface area contributed by atoms with E-state index >= 15 is 0 Å². The number of carboxylic acid groups (broad SMARTS) is 1. The molecule has 6 heteroatoms. The average Bonchev–Trinajstić information content (AvgIpc) is 2.67. The third-order valence-corrected chi connectivity index (χ3v) is 4.41. The fraction of sp³-hybridized carbons (Fsp3) is 0.417. The Labute approximate surface area is 119 Å². The lowest BCUT2D eigenvalue weighted by molar-refractivity contribution is -0.142. The van der Waals surface area contributed by atoms with Crippen molar-refractivity contribution in [2.75, 3.05) is 13.1 Å². The predicted molar refractivity (Wildman–Crippen MR) is 73.6 cm³/mol. The Kier molecular flexibility index (Phi) is 3.96. The summed E-state index contributed by atoms with van der Waals surface area (Å²) < 4.78 is 0.845. The molecule has 1 unspecified atom stereocenters. The maximum atomic E-state index is 11.0. The molecule has 0 amide bonds. The summed E-state index contributed by atoms with van der Waals surface area (Å²) in [6.45, 7) is 1.76. The van der Waals surface area contributed by atoms with E-state index in [0.29, 0.717) is 31.1 Å². The molecule has 1 aromatic rings. The molecule has 0 saturated carbocycles. The first-order chi connectivity index (χ1) is 8.40. The number of nitrogens with zero attached hydrogens (tertiary/aromatic N) is 1. The second-order valence-corrected chi connectivity index (χ2v) is 5.93. The van der Waals surface area contributed by atoms with E-state index in [1.807, 2.05) is 23.1 Å². The normalized spacial score (nSPS) is 24.4. The summed E-state index contributed by atoms with van der Waals surface area (Å²) in [5, 5.41) is 9.73. The molecular formula is C12H14BrClN2O2. The standard InChI is InChI=1S/C12H14BrClN2O2/c13-9-5-8(1-2-10(9)14)6-16-4-3-12(15,7-16)11(17)18/h1-2,5H,3-4,6-7,15H2,(H,17,18). The van der Waals surface area contributed by atoms with Crippen molar-refractivity contribution in [3.63, 3.8) is 0 Å². The Hall–Kier alpha value is -0.620. The van der Waals surface area contributed by atoms with Crippen LogP contribution in [0, 0.1) is 0 Å². The van der Waals surface area contributed by atoms with Crippen molar-refractivity contribution in [3.8, 4) is 0 Å². The number of hydrogen-bond donors (Lipinski definition) is 2. The first-order valence-electron chi connectivity index (χ1n) is 5.59. The molecule has 0 spiro atoms. The van der Waals surface area contributed by atoms with Gasteiger partial charge in [0.2, 0.25) is 0 Å². The molecular weight excluding hydrogens is 320 g/mol. The minimum atomic E-state index is -1.11. The van der Waals surface area contributed by atoms with E-state index in [9.17, 15) is 4.79 Å². The van der Waals surface area contributed by atoms with Crippen LogP contribution < -0.4 is 5.73 Å². The van der Waals surface area contributed by atoms with Gasteiger partial charge in [-0.2, -0.15) is 0 Å². The van der Waals surface area contributed by atoms with Crippen molar-refractivity contribution < 1.29 is 9.90 Å². The summed E-state index contributed by atoms with van der Waals surface area (Å²) in [6.07, 6.45) is 0.483. The van der Waals surface area contributed by atoms with Gasteiger partial charge in [0.15, 0.2) is 0 Å². The number of benzene rings is 1. The summed E-state index contributed by atoms with van der Waals surface area (Å²) in [4.78, 5) is 13.1. The van der Waals surface area contributed by atoms with Gasteiger partial charge in [0.05, 0.1) is 5.02 Å². The van der Waals surface area contributed by atoms with E-state index in [-0.39, 0.29) is 0 Å². The van der Waals surface area contributed by atoms with Crippen LogP contribution in [-0.2, 0) is 11.3 Å².